The van der Waals surface area contributed by atoms with Gasteiger partial charge in [0.2, 0.25) is 0 Å². The number of rotatable bonds is 4. The second kappa shape index (κ2) is 7.24. The SMILES string of the molecule is CC1(C)CC(N)CC(C)(C)N1/C=C(/C#N)C(=O)NCc1cccnc1. The standard InChI is InChI=1S/C19H27N5O/c1-18(2)8-16(21)9-19(3,4)24(18)13-15(10-20)17(25)23-12-14-6-5-7-22-11-14/h5-7,11,13,16H,8-9,12,21H2,1-4H3,(H,23,25)/b15-13-. The molecule has 1 aromatic rings. The molecule has 2 heterocycles. The minimum atomic E-state index is -0.382. The molecule has 1 saturated heterocycles. The molecule has 1 aromatic heterocycles. The number of amides is 1. The number of aromatic nitrogens is 1. The number of hydrogen-bond acceptors (Lipinski definition) is 5. The molecule has 6 nitrogen and oxygen atoms in total. The maximum atomic E-state index is 12.4. The van der Waals surface area contributed by atoms with Crippen LogP contribution in [-0.2, 0) is 11.3 Å². The zero-order chi connectivity index (χ0) is 18.7. The Balaban J connectivity index is 2.17. The maximum Gasteiger partial charge on any atom is 0.263 e. The third kappa shape index (κ3) is 4.58. The molecular formula is C19H27N5O. The van der Waals surface area contributed by atoms with Crippen molar-refractivity contribution in [3.63, 3.8) is 0 Å². The minimum absolute atomic E-state index is 0.0977. The maximum absolute atomic E-state index is 12.4. The summed E-state index contributed by atoms with van der Waals surface area (Å²) in [5.74, 6) is -0.382. The van der Waals surface area contributed by atoms with Gasteiger partial charge in [0.15, 0.2) is 0 Å². The van der Waals surface area contributed by atoms with Gasteiger partial charge in [-0.3, -0.25) is 9.78 Å². The highest BCUT2D eigenvalue weighted by Gasteiger charge is 2.43. The lowest BCUT2D eigenvalue weighted by Gasteiger charge is -2.54. The van der Waals surface area contributed by atoms with Crippen molar-refractivity contribution in [3.05, 3.63) is 41.9 Å². The van der Waals surface area contributed by atoms with Crippen LogP contribution in [0.5, 0.6) is 0 Å². The Hall–Kier alpha value is -2.39. The average molecular weight is 341 g/mol. The molecule has 0 atom stereocenters. The fourth-order valence-corrected chi connectivity index (χ4v) is 3.77. The third-order valence-electron chi connectivity index (χ3n) is 4.63. The van der Waals surface area contributed by atoms with Crippen LogP contribution in [0.1, 0.15) is 46.1 Å². The highest BCUT2D eigenvalue weighted by molar-refractivity contribution is 5.97. The van der Waals surface area contributed by atoms with E-state index in [4.69, 9.17) is 5.73 Å². The van der Waals surface area contributed by atoms with E-state index in [1.165, 1.54) is 0 Å². The van der Waals surface area contributed by atoms with Crippen molar-refractivity contribution in [3.8, 4) is 6.07 Å². The summed E-state index contributed by atoms with van der Waals surface area (Å²) in [7, 11) is 0. The van der Waals surface area contributed by atoms with Crippen LogP contribution >= 0.6 is 0 Å². The smallest absolute Gasteiger partial charge is 0.263 e. The van der Waals surface area contributed by atoms with Crippen molar-refractivity contribution in [1.82, 2.24) is 15.2 Å². The predicted molar refractivity (Wildman–Crippen MR) is 97.0 cm³/mol. The summed E-state index contributed by atoms with van der Waals surface area (Å²) in [4.78, 5) is 18.6. The first-order chi connectivity index (χ1) is 11.7. The summed E-state index contributed by atoms with van der Waals surface area (Å²) in [6.07, 6.45) is 6.67. The van der Waals surface area contributed by atoms with Crippen LogP contribution in [0, 0.1) is 11.3 Å². The van der Waals surface area contributed by atoms with Gasteiger partial charge in [0, 0.05) is 42.3 Å². The largest absolute Gasteiger partial charge is 0.366 e. The molecule has 134 valence electrons. The van der Waals surface area contributed by atoms with E-state index in [2.05, 4.69) is 42.9 Å². The van der Waals surface area contributed by atoms with E-state index >= 15 is 0 Å². The lowest BCUT2D eigenvalue weighted by molar-refractivity contribution is -0.117. The second-order valence-corrected chi connectivity index (χ2v) is 7.86. The van der Waals surface area contributed by atoms with Gasteiger partial charge in [-0.25, -0.2) is 0 Å². The molecule has 0 unspecified atom stereocenters. The first-order valence-corrected chi connectivity index (χ1v) is 8.50. The number of nitrogens with zero attached hydrogens (tertiary/aromatic N) is 3. The van der Waals surface area contributed by atoms with E-state index < -0.39 is 0 Å². The molecule has 2 rings (SSSR count). The number of carbonyl (C=O) groups is 1. The highest BCUT2D eigenvalue weighted by atomic mass is 16.1. The van der Waals surface area contributed by atoms with Gasteiger partial charge in [0.05, 0.1) is 0 Å². The quantitative estimate of drug-likeness (QED) is 0.646. The molecule has 6 heteroatoms. The van der Waals surface area contributed by atoms with E-state index in [0.717, 1.165) is 18.4 Å². The first kappa shape index (κ1) is 18.9. The molecule has 1 aliphatic rings. The fraction of sp³-hybridized carbons (Fsp3) is 0.526. The Morgan fingerprint density at radius 3 is 2.60 bits per heavy atom. The van der Waals surface area contributed by atoms with E-state index in [9.17, 15) is 10.1 Å². The van der Waals surface area contributed by atoms with E-state index in [0.29, 0.717) is 6.54 Å². The molecule has 0 spiro atoms. The Morgan fingerprint density at radius 1 is 1.44 bits per heavy atom. The van der Waals surface area contributed by atoms with Gasteiger partial charge >= 0.3 is 0 Å². The molecule has 0 radical (unpaired) electrons. The summed E-state index contributed by atoms with van der Waals surface area (Å²) < 4.78 is 0. The molecule has 0 saturated carbocycles. The van der Waals surface area contributed by atoms with Gasteiger partial charge in [0.25, 0.3) is 5.91 Å². The van der Waals surface area contributed by atoms with E-state index in [1.54, 1.807) is 18.6 Å². The number of nitriles is 1. The number of piperidine rings is 1. The van der Waals surface area contributed by atoms with Crippen LogP contribution in [0.15, 0.2) is 36.3 Å². The lowest BCUT2D eigenvalue weighted by Crippen LogP contribution is -2.61. The molecule has 0 bridgehead atoms. The minimum Gasteiger partial charge on any atom is -0.366 e. The van der Waals surface area contributed by atoms with Crippen LogP contribution in [-0.4, -0.2) is 32.9 Å². The van der Waals surface area contributed by atoms with E-state index in [1.807, 2.05) is 18.2 Å². The molecule has 0 aliphatic carbocycles. The van der Waals surface area contributed by atoms with Gasteiger partial charge in [0.1, 0.15) is 11.6 Å². The number of nitrogens with two attached hydrogens (primary N) is 1. The summed E-state index contributed by atoms with van der Waals surface area (Å²) in [5.41, 5.74) is 6.71. The number of pyridine rings is 1. The van der Waals surface area contributed by atoms with Crippen molar-refractivity contribution in [2.45, 2.75) is 64.2 Å². The average Bonchev–Trinajstić information content (AvgIpc) is 2.51. The Morgan fingerprint density at radius 2 is 2.08 bits per heavy atom. The number of nitrogens with one attached hydrogen (secondary N) is 1. The third-order valence-corrected chi connectivity index (χ3v) is 4.63. The van der Waals surface area contributed by atoms with Crippen LogP contribution in [0.4, 0.5) is 0 Å². The topological polar surface area (TPSA) is 95.0 Å². The molecule has 0 aromatic carbocycles. The Labute approximate surface area is 149 Å². The van der Waals surface area contributed by atoms with Crippen LogP contribution < -0.4 is 11.1 Å². The zero-order valence-electron chi connectivity index (χ0n) is 15.4. The lowest BCUT2D eigenvalue weighted by atomic mass is 9.77. The summed E-state index contributed by atoms with van der Waals surface area (Å²) >= 11 is 0. The van der Waals surface area contributed by atoms with E-state index in [-0.39, 0.29) is 28.6 Å². The normalized spacial score (nSPS) is 20.0. The number of carbonyl (C=O) groups excluding carboxylic acids is 1. The second-order valence-electron chi connectivity index (χ2n) is 7.86. The number of likely N-dealkylation sites (tertiary alicyclic amines) is 1. The zero-order valence-corrected chi connectivity index (χ0v) is 15.4. The van der Waals surface area contributed by atoms with Gasteiger partial charge in [-0.1, -0.05) is 6.07 Å². The van der Waals surface area contributed by atoms with Crippen molar-refractivity contribution >= 4 is 5.91 Å². The molecule has 25 heavy (non-hydrogen) atoms. The van der Waals surface area contributed by atoms with Gasteiger partial charge < -0.3 is 16.0 Å². The number of hydrogen-bond donors (Lipinski definition) is 2. The van der Waals surface area contributed by atoms with Crippen molar-refractivity contribution in [2.75, 3.05) is 0 Å². The first-order valence-electron chi connectivity index (χ1n) is 8.50. The van der Waals surface area contributed by atoms with Gasteiger partial charge in [-0.05, 0) is 52.2 Å². The van der Waals surface area contributed by atoms with Gasteiger partial charge in [-0.15, -0.1) is 0 Å². The summed E-state index contributed by atoms with van der Waals surface area (Å²) in [6.45, 7) is 8.70. The van der Waals surface area contributed by atoms with Gasteiger partial charge in [-0.2, -0.15) is 5.26 Å². The molecular weight excluding hydrogens is 314 g/mol. The fourth-order valence-electron chi connectivity index (χ4n) is 3.77. The highest BCUT2D eigenvalue weighted by Crippen LogP contribution is 2.38. The molecule has 1 fully saturated rings. The Kier molecular flexibility index (Phi) is 5.48. The predicted octanol–water partition coefficient (Wildman–Crippen LogP) is 2.09. The van der Waals surface area contributed by atoms with Crippen LogP contribution in [0.3, 0.4) is 0 Å². The van der Waals surface area contributed by atoms with Crippen molar-refractivity contribution in [1.29, 1.82) is 5.26 Å². The Bertz CT molecular complexity index is 670. The summed E-state index contributed by atoms with van der Waals surface area (Å²) in [6, 6.07) is 5.83. The molecule has 1 amide bonds. The molecule has 1 aliphatic heterocycles. The summed E-state index contributed by atoms with van der Waals surface area (Å²) in [5, 5.41) is 12.3. The van der Waals surface area contributed by atoms with Crippen molar-refractivity contribution in [2.24, 2.45) is 5.73 Å². The van der Waals surface area contributed by atoms with Crippen LogP contribution in [0.2, 0.25) is 0 Å². The monoisotopic (exact) mass is 341 g/mol. The molecule has 3 N–H and O–H groups in total. The van der Waals surface area contributed by atoms with Crippen LogP contribution in [0.25, 0.3) is 0 Å². The van der Waals surface area contributed by atoms with Crippen molar-refractivity contribution < 1.29 is 4.79 Å².